The summed E-state index contributed by atoms with van der Waals surface area (Å²) in [5.74, 6) is -0.266. The molecule has 0 fully saturated rings. The maximum absolute atomic E-state index is 11.8. The largest absolute Gasteiger partial charge is 0.467 e. The maximum atomic E-state index is 11.8. The van der Waals surface area contributed by atoms with Gasteiger partial charge in [-0.15, -0.1) is 0 Å². The van der Waals surface area contributed by atoms with Crippen LogP contribution >= 0.6 is 12.2 Å². The van der Waals surface area contributed by atoms with Gasteiger partial charge in [0.15, 0.2) is 6.61 Å². The number of hydrogen-bond donors (Lipinski definition) is 1. The van der Waals surface area contributed by atoms with E-state index in [1.165, 1.54) is 6.20 Å². The minimum Gasteiger partial charge on any atom is -0.467 e. The van der Waals surface area contributed by atoms with Crippen LogP contribution < -0.4 is 10.5 Å². The van der Waals surface area contributed by atoms with E-state index in [-0.39, 0.29) is 16.6 Å². The average Bonchev–Trinajstić information content (AvgIpc) is 2.14. The van der Waals surface area contributed by atoms with Gasteiger partial charge >= 0.3 is 6.18 Å². The zero-order valence-electron chi connectivity index (χ0n) is 7.28. The van der Waals surface area contributed by atoms with Gasteiger partial charge in [0.2, 0.25) is 5.88 Å². The second-order valence-electron chi connectivity index (χ2n) is 2.51. The molecule has 0 atom stereocenters. The maximum Gasteiger partial charge on any atom is 0.422 e. The third kappa shape index (κ3) is 4.07. The van der Waals surface area contributed by atoms with Crippen molar-refractivity contribution in [1.29, 1.82) is 0 Å². The molecule has 8 heteroatoms. The number of nitrogens with zero attached hydrogens (tertiary/aromatic N) is 2. The van der Waals surface area contributed by atoms with E-state index in [0.717, 1.165) is 6.20 Å². The standard InChI is InChI=1S/C7H6F3N3OS/c8-7(9,10)3-14-5-2-12-1-4(13-5)6(11)15/h1-2H,3H2,(H2,11,15). The lowest BCUT2D eigenvalue weighted by Crippen LogP contribution is -2.20. The summed E-state index contributed by atoms with van der Waals surface area (Å²) in [6, 6.07) is 0. The first kappa shape index (κ1) is 11.6. The van der Waals surface area contributed by atoms with E-state index < -0.39 is 12.8 Å². The third-order valence-electron chi connectivity index (χ3n) is 1.25. The SMILES string of the molecule is NC(=S)c1cncc(OCC(F)(F)F)n1. The molecule has 4 nitrogen and oxygen atoms in total. The normalized spacial score (nSPS) is 11.1. The molecule has 0 saturated carbocycles. The summed E-state index contributed by atoms with van der Waals surface area (Å²) >= 11 is 4.58. The highest BCUT2D eigenvalue weighted by atomic mass is 32.1. The van der Waals surface area contributed by atoms with Crippen LogP contribution in [0.2, 0.25) is 0 Å². The molecule has 0 aliphatic heterocycles. The number of thiocarbonyl (C=S) groups is 1. The summed E-state index contributed by atoms with van der Waals surface area (Å²) in [6.07, 6.45) is -2.13. The molecule has 0 bridgehead atoms. The van der Waals surface area contributed by atoms with E-state index in [9.17, 15) is 13.2 Å². The molecule has 1 heterocycles. The fraction of sp³-hybridized carbons (Fsp3) is 0.286. The van der Waals surface area contributed by atoms with Gasteiger partial charge in [-0.05, 0) is 0 Å². The van der Waals surface area contributed by atoms with Crippen LogP contribution in [0.15, 0.2) is 12.4 Å². The predicted molar refractivity (Wildman–Crippen MR) is 49.5 cm³/mol. The van der Waals surface area contributed by atoms with E-state index in [0.29, 0.717) is 0 Å². The molecule has 0 aliphatic rings. The van der Waals surface area contributed by atoms with Crippen LogP contribution in [-0.4, -0.2) is 27.7 Å². The zero-order chi connectivity index (χ0) is 11.5. The Morgan fingerprint density at radius 3 is 2.67 bits per heavy atom. The zero-order valence-corrected chi connectivity index (χ0v) is 8.10. The van der Waals surface area contributed by atoms with Gasteiger partial charge in [0.1, 0.15) is 10.7 Å². The molecule has 0 aromatic carbocycles. The highest BCUT2D eigenvalue weighted by molar-refractivity contribution is 7.80. The highest BCUT2D eigenvalue weighted by Gasteiger charge is 2.28. The van der Waals surface area contributed by atoms with Crippen LogP contribution in [0.4, 0.5) is 13.2 Å². The molecule has 1 aromatic rings. The van der Waals surface area contributed by atoms with Gasteiger partial charge in [0.25, 0.3) is 0 Å². The quantitative estimate of drug-likeness (QED) is 0.796. The number of hydrogen-bond acceptors (Lipinski definition) is 4. The van der Waals surface area contributed by atoms with Crippen molar-refractivity contribution >= 4 is 17.2 Å². The summed E-state index contributed by atoms with van der Waals surface area (Å²) in [5.41, 5.74) is 5.33. The van der Waals surface area contributed by atoms with Crippen LogP contribution in [0, 0.1) is 0 Å². The number of rotatable bonds is 3. The number of alkyl halides is 3. The van der Waals surface area contributed by atoms with Crippen LogP contribution in [0.3, 0.4) is 0 Å². The number of ether oxygens (including phenoxy) is 1. The predicted octanol–water partition coefficient (Wildman–Crippen LogP) is 1.05. The Morgan fingerprint density at radius 1 is 1.47 bits per heavy atom. The monoisotopic (exact) mass is 237 g/mol. The van der Waals surface area contributed by atoms with E-state index in [4.69, 9.17) is 5.73 Å². The van der Waals surface area contributed by atoms with Gasteiger partial charge in [0.05, 0.1) is 12.4 Å². The van der Waals surface area contributed by atoms with E-state index in [1.807, 2.05) is 0 Å². The Hall–Kier alpha value is -1.44. The van der Waals surface area contributed by atoms with Crippen LogP contribution in [0.1, 0.15) is 5.69 Å². The van der Waals surface area contributed by atoms with Crippen molar-refractivity contribution in [3.05, 3.63) is 18.1 Å². The molecule has 82 valence electrons. The van der Waals surface area contributed by atoms with E-state index in [2.05, 4.69) is 26.9 Å². The lowest BCUT2D eigenvalue weighted by Gasteiger charge is -2.08. The first-order valence-electron chi connectivity index (χ1n) is 3.70. The van der Waals surface area contributed by atoms with Gasteiger partial charge in [0, 0.05) is 0 Å². The Labute approximate surface area is 88.3 Å². The van der Waals surface area contributed by atoms with Crippen LogP contribution in [-0.2, 0) is 0 Å². The number of nitrogens with two attached hydrogens (primary N) is 1. The summed E-state index contributed by atoms with van der Waals surface area (Å²) in [5, 5.41) is 0. The fourth-order valence-electron chi connectivity index (χ4n) is 0.692. The minimum atomic E-state index is -4.42. The Bertz CT molecular complexity index is 369. The summed E-state index contributed by atoms with van der Waals surface area (Å²) < 4.78 is 39.7. The summed E-state index contributed by atoms with van der Waals surface area (Å²) in [4.78, 5) is 7.15. The van der Waals surface area contributed by atoms with E-state index >= 15 is 0 Å². The lowest BCUT2D eigenvalue weighted by atomic mass is 10.4. The van der Waals surface area contributed by atoms with Crippen molar-refractivity contribution in [3.63, 3.8) is 0 Å². The summed E-state index contributed by atoms with van der Waals surface area (Å²) in [6.45, 7) is -1.43. The molecule has 0 spiro atoms. The van der Waals surface area contributed by atoms with Crippen LogP contribution in [0.5, 0.6) is 5.88 Å². The Kier molecular flexibility index (Phi) is 3.40. The third-order valence-corrected chi connectivity index (χ3v) is 1.46. The molecule has 15 heavy (non-hydrogen) atoms. The molecular weight excluding hydrogens is 231 g/mol. The van der Waals surface area contributed by atoms with E-state index in [1.54, 1.807) is 0 Å². The molecular formula is C7H6F3N3OS. The second-order valence-corrected chi connectivity index (χ2v) is 2.95. The van der Waals surface area contributed by atoms with Crippen molar-refractivity contribution in [2.45, 2.75) is 6.18 Å². The van der Waals surface area contributed by atoms with Crippen molar-refractivity contribution in [2.24, 2.45) is 5.73 Å². The first-order valence-corrected chi connectivity index (χ1v) is 4.11. The molecule has 0 saturated heterocycles. The van der Waals surface area contributed by atoms with Gasteiger partial charge in [-0.1, -0.05) is 12.2 Å². The average molecular weight is 237 g/mol. The molecule has 1 rings (SSSR count). The van der Waals surface area contributed by atoms with Gasteiger partial charge in [-0.3, -0.25) is 4.98 Å². The smallest absolute Gasteiger partial charge is 0.422 e. The second kappa shape index (κ2) is 4.39. The van der Waals surface area contributed by atoms with Crippen molar-refractivity contribution < 1.29 is 17.9 Å². The van der Waals surface area contributed by atoms with Crippen molar-refractivity contribution in [2.75, 3.05) is 6.61 Å². The molecule has 2 N–H and O–H groups in total. The lowest BCUT2D eigenvalue weighted by molar-refractivity contribution is -0.154. The van der Waals surface area contributed by atoms with Gasteiger partial charge in [-0.25, -0.2) is 4.98 Å². The Morgan fingerprint density at radius 2 is 2.13 bits per heavy atom. The topological polar surface area (TPSA) is 61.0 Å². The molecule has 0 aliphatic carbocycles. The minimum absolute atomic E-state index is 0.0556. The molecule has 1 aromatic heterocycles. The Balaban J connectivity index is 2.70. The van der Waals surface area contributed by atoms with Crippen molar-refractivity contribution in [3.8, 4) is 5.88 Å². The number of aromatic nitrogens is 2. The summed E-state index contributed by atoms with van der Waals surface area (Å²) in [7, 11) is 0. The van der Waals surface area contributed by atoms with Crippen LogP contribution in [0.25, 0.3) is 0 Å². The van der Waals surface area contributed by atoms with Gasteiger partial charge in [-0.2, -0.15) is 13.2 Å². The van der Waals surface area contributed by atoms with Crippen molar-refractivity contribution in [1.82, 2.24) is 9.97 Å². The molecule has 0 unspecified atom stereocenters. The first-order chi connectivity index (χ1) is 6.88. The molecule has 0 amide bonds. The fourth-order valence-corrected chi connectivity index (χ4v) is 0.790. The highest BCUT2D eigenvalue weighted by Crippen LogP contribution is 2.16. The van der Waals surface area contributed by atoms with Gasteiger partial charge < -0.3 is 10.5 Å². The number of halogens is 3. The molecule has 0 radical (unpaired) electrons.